The molecule has 0 radical (unpaired) electrons. The average Bonchev–Trinajstić information content (AvgIpc) is 3.32. The zero-order valence-corrected chi connectivity index (χ0v) is 17.2. The van der Waals surface area contributed by atoms with Gasteiger partial charge in [-0.25, -0.2) is 0 Å². The molecule has 4 rings (SSSR count). The number of nitrogens with zero attached hydrogens (tertiary/aromatic N) is 1. The third-order valence-electron chi connectivity index (χ3n) is 5.73. The van der Waals surface area contributed by atoms with Gasteiger partial charge < -0.3 is 10.2 Å². The maximum atomic E-state index is 13.2. The minimum atomic E-state index is -0.372. The first-order valence-corrected chi connectivity index (χ1v) is 9.89. The molecule has 5 heteroatoms. The van der Waals surface area contributed by atoms with Gasteiger partial charge >= 0.3 is 0 Å². The van der Waals surface area contributed by atoms with E-state index >= 15 is 0 Å². The summed E-state index contributed by atoms with van der Waals surface area (Å²) >= 11 is 6.02. The lowest BCUT2D eigenvalue weighted by molar-refractivity contribution is -0.124. The van der Waals surface area contributed by atoms with E-state index in [1.165, 1.54) is 18.4 Å². The normalized spacial score (nSPS) is 19.1. The van der Waals surface area contributed by atoms with Crippen LogP contribution < -0.4 is 5.32 Å². The van der Waals surface area contributed by atoms with Crippen LogP contribution in [-0.2, 0) is 10.2 Å². The molecule has 1 saturated carbocycles. The molecule has 2 aromatic carbocycles. The van der Waals surface area contributed by atoms with E-state index in [4.69, 9.17) is 11.6 Å². The number of nitrogens with one attached hydrogen (secondary N) is 1. The molecule has 0 spiro atoms. The van der Waals surface area contributed by atoms with Gasteiger partial charge in [-0.2, -0.15) is 13.5 Å². The number of benzene rings is 2. The van der Waals surface area contributed by atoms with Crippen molar-refractivity contribution in [2.45, 2.75) is 37.1 Å². The van der Waals surface area contributed by atoms with Crippen LogP contribution in [0.25, 0.3) is 0 Å². The van der Waals surface area contributed by atoms with E-state index in [1.807, 2.05) is 42.5 Å². The van der Waals surface area contributed by atoms with Crippen molar-refractivity contribution in [2.75, 3.05) is 19.6 Å². The molecule has 0 unspecified atom stereocenters. The van der Waals surface area contributed by atoms with Crippen molar-refractivity contribution in [2.24, 2.45) is 0 Å². The molecule has 3 nitrogen and oxygen atoms in total. The van der Waals surface area contributed by atoms with Gasteiger partial charge in [-0.1, -0.05) is 54.1 Å². The van der Waals surface area contributed by atoms with Gasteiger partial charge in [0, 0.05) is 11.6 Å². The molecular formula is C22H27ClN2OS. The van der Waals surface area contributed by atoms with Crippen molar-refractivity contribution in [3.8, 4) is 0 Å². The van der Waals surface area contributed by atoms with Crippen molar-refractivity contribution < 1.29 is 4.79 Å². The summed E-state index contributed by atoms with van der Waals surface area (Å²) in [7, 11) is 0. The molecule has 1 amide bonds. The fourth-order valence-corrected chi connectivity index (χ4v) is 4.11. The van der Waals surface area contributed by atoms with Crippen LogP contribution in [0.1, 0.15) is 42.9 Å². The molecule has 2 fully saturated rings. The van der Waals surface area contributed by atoms with Crippen molar-refractivity contribution in [1.29, 1.82) is 0 Å². The number of carbonyl (C=O) groups is 1. The zero-order chi connectivity index (χ0) is 18.0. The first kappa shape index (κ1) is 20.2. The van der Waals surface area contributed by atoms with E-state index in [0.29, 0.717) is 5.02 Å². The van der Waals surface area contributed by atoms with Crippen LogP contribution in [-0.4, -0.2) is 30.4 Å². The largest absolute Gasteiger partial charge is 0.347 e. The number of hydrogen-bond acceptors (Lipinski definition) is 2. The van der Waals surface area contributed by atoms with E-state index in [0.717, 1.165) is 38.0 Å². The summed E-state index contributed by atoms with van der Waals surface area (Å²) in [5.74, 6) is 0.146. The second-order valence-corrected chi connectivity index (χ2v) is 7.97. The highest BCUT2D eigenvalue weighted by Crippen LogP contribution is 2.49. The lowest BCUT2D eigenvalue weighted by Gasteiger charge is -2.27. The second-order valence-electron chi connectivity index (χ2n) is 7.53. The highest BCUT2D eigenvalue weighted by molar-refractivity contribution is 7.59. The molecule has 1 aliphatic heterocycles. The summed E-state index contributed by atoms with van der Waals surface area (Å²) in [6.07, 6.45) is 4.33. The number of carbonyl (C=O) groups excluding carboxylic acids is 1. The quantitative estimate of drug-likeness (QED) is 0.774. The van der Waals surface area contributed by atoms with Gasteiger partial charge in [-0.3, -0.25) is 4.79 Å². The lowest BCUT2D eigenvalue weighted by Crippen LogP contribution is -2.41. The van der Waals surface area contributed by atoms with Crippen LogP contribution >= 0.6 is 25.1 Å². The lowest BCUT2D eigenvalue weighted by atomic mass is 9.94. The maximum absolute atomic E-state index is 13.2. The molecule has 0 aromatic heterocycles. The van der Waals surface area contributed by atoms with Gasteiger partial charge in [-0.15, -0.1) is 0 Å². The van der Waals surface area contributed by atoms with E-state index in [-0.39, 0.29) is 30.9 Å². The third-order valence-corrected chi connectivity index (χ3v) is 5.98. The van der Waals surface area contributed by atoms with Gasteiger partial charge in [0.2, 0.25) is 5.91 Å². The van der Waals surface area contributed by atoms with Crippen molar-refractivity contribution in [3.63, 3.8) is 0 Å². The minimum absolute atomic E-state index is 0. The Kier molecular flexibility index (Phi) is 6.51. The summed E-state index contributed by atoms with van der Waals surface area (Å²) in [4.78, 5) is 15.7. The number of amides is 1. The van der Waals surface area contributed by atoms with Crippen LogP contribution in [0, 0.1) is 0 Å². The summed E-state index contributed by atoms with van der Waals surface area (Å²) in [6.45, 7) is 3.13. The molecule has 1 saturated heterocycles. The SMILES string of the molecule is O=C(N[C@H](CN1CCCC1)c1ccccc1)C1(c2ccc(Cl)cc2)CC1.S. The van der Waals surface area contributed by atoms with Gasteiger partial charge in [0.05, 0.1) is 11.5 Å². The first-order chi connectivity index (χ1) is 12.7. The Bertz CT molecular complexity index is 756. The fraction of sp³-hybridized carbons (Fsp3) is 0.409. The van der Waals surface area contributed by atoms with Crippen molar-refractivity contribution in [3.05, 3.63) is 70.7 Å². The van der Waals surface area contributed by atoms with Crippen LogP contribution in [0.2, 0.25) is 5.02 Å². The van der Waals surface area contributed by atoms with E-state index in [2.05, 4.69) is 22.3 Å². The van der Waals surface area contributed by atoms with Crippen LogP contribution in [0.5, 0.6) is 0 Å². The second kappa shape index (κ2) is 8.68. The van der Waals surface area contributed by atoms with Crippen LogP contribution in [0.4, 0.5) is 0 Å². The van der Waals surface area contributed by atoms with Gasteiger partial charge in [0.1, 0.15) is 0 Å². The summed E-state index contributed by atoms with van der Waals surface area (Å²) in [5.41, 5.74) is 1.88. The zero-order valence-electron chi connectivity index (χ0n) is 15.5. The Hall–Kier alpha value is -1.49. The maximum Gasteiger partial charge on any atom is 0.231 e. The minimum Gasteiger partial charge on any atom is -0.347 e. The van der Waals surface area contributed by atoms with Gasteiger partial charge in [0.15, 0.2) is 0 Å². The van der Waals surface area contributed by atoms with Gasteiger partial charge in [0.25, 0.3) is 0 Å². The molecule has 1 heterocycles. The molecule has 144 valence electrons. The average molecular weight is 403 g/mol. The number of halogens is 1. The standard InChI is InChI=1S/C22H25ClN2O.H2S/c23-19-10-8-18(9-11-19)22(12-13-22)21(26)24-20(16-25-14-4-5-15-25)17-6-2-1-3-7-17;/h1-3,6-11,20H,4-5,12-16H2,(H,24,26);1H2/t20-;/m1./s1. The molecule has 2 aromatic rings. The molecule has 1 N–H and O–H groups in total. The van der Waals surface area contributed by atoms with Crippen LogP contribution in [0.3, 0.4) is 0 Å². The van der Waals surface area contributed by atoms with Crippen molar-refractivity contribution in [1.82, 2.24) is 10.2 Å². The summed E-state index contributed by atoms with van der Waals surface area (Å²) < 4.78 is 0. The molecule has 27 heavy (non-hydrogen) atoms. The highest BCUT2D eigenvalue weighted by atomic mass is 35.5. The number of hydrogen-bond donors (Lipinski definition) is 1. The molecular weight excluding hydrogens is 376 g/mol. The highest BCUT2D eigenvalue weighted by Gasteiger charge is 2.51. The Morgan fingerprint density at radius 3 is 2.26 bits per heavy atom. The van der Waals surface area contributed by atoms with Crippen molar-refractivity contribution >= 4 is 31.0 Å². The Balaban J connectivity index is 0.00000210. The van der Waals surface area contributed by atoms with E-state index in [9.17, 15) is 4.79 Å². The Morgan fingerprint density at radius 1 is 1.04 bits per heavy atom. The van der Waals surface area contributed by atoms with Gasteiger partial charge in [-0.05, 0) is 62.0 Å². The molecule has 2 aliphatic rings. The third kappa shape index (κ3) is 4.50. The summed E-state index contributed by atoms with van der Waals surface area (Å²) in [5, 5.41) is 4.07. The Morgan fingerprint density at radius 2 is 1.67 bits per heavy atom. The van der Waals surface area contributed by atoms with E-state index in [1.54, 1.807) is 0 Å². The fourth-order valence-electron chi connectivity index (χ4n) is 3.98. The van der Waals surface area contributed by atoms with Crippen LogP contribution in [0.15, 0.2) is 54.6 Å². The van der Waals surface area contributed by atoms with E-state index < -0.39 is 0 Å². The number of likely N-dealkylation sites (tertiary alicyclic amines) is 1. The summed E-state index contributed by atoms with van der Waals surface area (Å²) in [6, 6.07) is 18.1. The Labute approximate surface area is 173 Å². The molecule has 1 atom stereocenters. The predicted molar refractivity (Wildman–Crippen MR) is 116 cm³/mol. The number of rotatable bonds is 6. The first-order valence-electron chi connectivity index (χ1n) is 9.52. The topological polar surface area (TPSA) is 32.3 Å². The molecule has 1 aliphatic carbocycles. The monoisotopic (exact) mass is 402 g/mol. The molecule has 0 bridgehead atoms. The predicted octanol–water partition coefficient (Wildman–Crippen LogP) is 4.44. The smallest absolute Gasteiger partial charge is 0.231 e.